The first-order valence-electron chi connectivity index (χ1n) is 7.61. The van der Waals surface area contributed by atoms with Crippen LogP contribution in [0.1, 0.15) is 38.3 Å². The van der Waals surface area contributed by atoms with Crippen molar-refractivity contribution in [1.29, 1.82) is 0 Å². The van der Waals surface area contributed by atoms with Crippen molar-refractivity contribution in [1.82, 2.24) is 4.98 Å². The van der Waals surface area contributed by atoms with Gasteiger partial charge in [-0.25, -0.2) is 4.98 Å². The number of esters is 1. The Balaban J connectivity index is 1.53. The molecule has 2 unspecified atom stereocenters. The molecular weight excluding hydrogens is 272 g/mol. The van der Waals surface area contributed by atoms with E-state index in [1.165, 1.54) is 32.4 Å². The third kappa shape index (κ3) is 2.97. The Hall–Kier alpha value is -1.10. The zero-order valence-corrected chi connectivity index (χ0v) is 12.8. The van der Waals surface area contributed by atoms with E-state index in [1.807, 2.05) is 6.92 Å². The van der Waals surface area contributed by atoms with E-state index in [1.54, 1.807) is 11.3 Å². The first-order valence-corrected chi connectivity index (χ1v) is 8.49. The normalized spacial score (nSPS) is 24.9. The second-order valence-electron chi connectivity index (χ2n) is 5.78. The van der Waals surface area contributed by atoms with E-state index < -0.39 is 0 Å². The van der Waals surface area contributed by atoms with Crippen LogP contribution in [0.15, 0.2) is 5.38 Å². The van der Waals surface area contributed by atoms with E-state index in [0.717, 1.165) is 22.7 Å². The molecule has 1 aliphatic heterocycles. The van der Waals surface area contributed by atoms with Crippen LogP contribution in [0.5, 0.6) is 0 Å². The van der Waals surface area contributed by atoms with Crippen LogP contribution in [0.25, 0.3) is 0 Å². The maximum absolute atomic E-state index is 11.4. The minimum absolute atomic E-state index is 0.127. The van der Waals surface area contributed by atoms with Gasteiger partial charge >= 0.3 is 5.97 Å². The van der Waals surface area contributed by atoms with Gasteiger partial charge in [-0.3, -0.25) is 4.79 Å². The van der Waals surface area contributed by atoms with Gasteiger partial charge in [0.2, 0.25) is 0 Å². The number of hydrogen-bond acceptors (Lipinski definition) is 5. The van der Waals surface area contributed by atoms with Crippen molar-refractivity contribution in [3.05, 3.63) is 11.1 Å². The third-order valence-corrected chi connectivity index (χ3v) is 5.38. The highest BCUT2D eigenvalue weighted by Gasteiger charge is 2.36. The molecule has 1 aromatic rings. The molecule has 4 nitrogen and oxygen atoms in total. The van der Waals surface area contributed by atoms with E-state index in [4.69, 9.17) is 4.74 Å². The fraction of sp³-hybridized carbons (Fsp3) is 0.733. The highest BCUT2D eigenvalue weighted by molar-refractivity contribution is 7.13. The Kier molecular flexibility index (Phi) is 4.24. The van der Waals surface area contributed by atoms with Gasteiger partial charge in [0.1, 0.15) is 0 Å². The molecular formula is C15H22N2O2S. The lowest BCUT2D eigenvalue weighted by Crippen LogP contribution is -2.20. The molecule has 1 aliphatic carbocycles. The molecule has 0 bridgehead atoms. The molecule has 1 saturated carbocycles. The molecule has 5 heteroatoms. The number of fused-ring (bicyclic) bond motifs is 1. The fourth-order valence-corrected chi connectivity index (χ4v) is 4.29. The van der Waals surface area contributed by atoms with Gasteiger partial charge in [-0.2, -0.15) is 0 Å². The lowest BCUT2D eigenvalue weighted by Gasteiger charge is -2.15. The van der Waals surface area contributed by atoms with Crippen molar-refractivity contribution in [2.75, 3.05) is 24.6 Å². The first kappa shape index (κ1) is 13.9. The van der Waals surface area contributed by atoms with Crippen LogP contribution in [0, 0.1) is 11.8 Å². The van der Waals surface area contributed by atoms with Crippen molar-refractivity contribution >= 4 is 22.4 Å². The Morgan fingerprint density at radius 3 is 2.90 bits per heavy atom. The highest BCUT2D eigenvalue weighted by atomic mass is 32.1. The van der Waals surface area contributed by atoms with Crippen LogP contribution in [0.4, 0.5) is 5.13 Å². The summed E-state index contributed by atoms with van der Waals surface area (Å²) in [6.07, 6.45) is 5.31. The molecule has 110 valence electrons. The topological polar surface area (TPSA) is 42.4 Å². The van der Waals surface area contributed by atoms with Crippen LogP contribution in [-0.4, -0.2) is 30.6 Å². The van der Waals surface area contributed by atoms with Gasteiger partial charge in [-0.05, 0) is 31.6 Å². The largest absolute Gasteiger partial charge is 0.466 e. The van der Waals surface area contributed by atoms with Crippen LogP contribution >= 0.6 is 11.3 Å². The van der Waals surface area contributed by atoms with Gasteiger partial charge in [-0.15, -0.1) is 11.3 Å². The summed E-state index contributed by atoms with van der Waals surface area (Å²) in [4.78, 5) is 18.5. The molecule has 2 fully saturated rings. The van der Waals surface area contributed by atoms with Crippen LogP contribution < -0.4 is 4.90 Å². The molecule has 0 radical (unpaired) electrons. The van der Waals surface area contributed by atoms with Gasteiger partial charge in [0.05, 0.1) is 18.7 Å². The molecule has 2 heterocycles. The average Bonchev–Trinajstić information content (AvgIpc) is 3.11. The van der Waals surface area contributed by atoms with Crippen LogP contribution in [-0.2, 0) is 16.0 Å². The SMILES string of the molecule is CCOC(=O)CCc1csc(N2CC3CCCC3C2)n1. The van der Waals surface area contributed by atoms with Gasteiger partial charge in [-0.1, -0.05) is 6.42 Å². The molecule has 20 heavy (non-hydrogen) atoms. The van der Waals surface area contributed by atoms with Crippen molar-refractivity contribution < 1.29 is 9.53 Å². The van der Waals surface area contributed by atoms with Gasteiger partial charge in [0.15, 0.2) is 5.13 Å². The molecule has 0 amide bonds. The number of aryl methyl sites for hydroxylation is 1. The van der Waals surface area contributed by atoms with Gasteiger partial charge < -0.3 is 9.64 Å². The minimum atomic E-state index is -0.127. The number of anilines is 1. The van der Waals surface area contributed by atoms with E-state index >= 15 is 0 Å². The standard InChI is InChI=1S/C15H22N2O2S/c1-2-19-14(18)7-6-13-10-20-15(16-13)17-8-11-4-3-5-12(11)9-17/h10-12H,2-9H2,1H3. The summed E-state index contributed by atoms with van der Waals surface area (Å²) in [5.41, 5.74) is 1.02. The Morgan fingerprint density at radius 2 is 2.20 bits per heavy atom. The van der Waals surface area contributed by atoms with Crippen molar-refractivity contribution in [3.63, 3.8) is 0 Å². The number of carbonyl (C=O) groups excluding carboxylic acids is 1. The van der Waals surface area contributed by atoms with Gasteiger partial charge in [0, 0.05) is 24.9 Å². The lowest BCUT2D eigenvalue weighted by molar-refractivity contribution is -0.143. The van der Waals surface area contributed by atoms with E-state index in [9.17, 15) is 4.79 Å². The molecule has 1 aromatic heterocycles. The maximum Gasteiger partial charge on any atom is 0.306 e. The molecule has 2 aliphatic rings. The smallest absolute Gasteiger partial charge is 0.306 e. The second-order valence-corrected chi connectivity index (χ2v) is 6.62. The summed E-state index contributed by atoms with van der Waals surface area (Å²) in [7, 11) is 0. The van der Waals surface area contributed by atoms with Crippen molar-refractivity contribution in [2.45, 2.75) is 39.0 Å². The number of thiazole rings is 1. The van der Waals surface area contributed by atoms with Crippen molar-refractivity contribution in [3.8, 4) is 0 Å². The van der Waals surface area contributed by atoms with E-state index in [-0.39, 0.29) is 5.97 Å². The van der Waals surface area contributed by atoms with E-state index in [0.29, 0.717) is 19.4 Å². The minimum Gasteiger partial charge on any atom is -0.466 e. The summed E-state index contributed by atoms with van der Waals surface area (Å²) in [6, 6.07) is 0. The third-order valence-electron chi connectivity index (χ3n) is 4.43. The molecule has 1 saturated heterocycles. The summed E-state index contributed by atoms with van der Waals surface area (Å²) >= 11 is 1.71. The fourth-order valence-electron chi connectivity index (χ4n) is 3.41. The average molecular weight is 294 g/mol. The highest BCUT2D eigenvalue weighted by Crippen LogP contribution is 2.40. The monoisotopic (exact) mass is 294 g/mol. The van der Waals surface area contributed by atoms with Crippen LogP contribution in [0.2, 0.25) is 0 Å². The molecule has 0 N–H and O–H groups in total. The molecule has 0 aromatic carbocycles. The molecule has 0 spiro atoms. The van der Waals surface area contributed by atoms with E-state index in [2.05, 4.69) is 15.3 Å². The predicted octanol–water partition coefficient (Wildman–Crippen LogP) is 2.88. The quantitative estimate of drug-likeness (QED) is 0.783. The van der Waals surface area contributed by atoms with Crippen molar-refractivity contribution in [2.24, 2.45) is 11.8 Å². The number of rotatable bonds is 5. The Bertz CT molecular complexity index is 462. The number of aromatic nitrogens is 1. The summed E-state index contributed by atoms with van der Waals surface area (Å²) in [5.74, 6) is 1.65. The number of ether oxygens (including phenoxy) is 1. The Labute approximate surface area is 124 Å². The molecule has 2 atom stereocenters. The summed E-state index contributed by atoms with van der Waals surface area (Å²) in [5, 5.41) is 3.22. The number of hydrogen-bond donors (Lipinski definition) is 0. The van der Waals surface area contributed by atoms with Crippen LogP contribution in [0.3, 0.4) is 0 Å². The maximum atomic E-state index is 11.4. The number of carbonyl (C=O) groups is 1. The first-order chi connectivity index (χ1) is 9.76. The summed E-state index contributed by atoms with van der Waals surface area (Å²) < 4.78 is 4.95. The lowest BCUT2D eigenvalue weighted by atomic mass is 10.0. The zero-order chi connectivity index (χ0) is 13.9. The number of nitrogens with zero attached hydrogens (tertiary/aromatic N) is 2. The Morgan fingerprint density at radius 1 is 1.45 bits per heavy atom. The predicted molar refractivity (Wildman–Crippen MR) is 80.1 cm³/mol. The molecule has 3 rings (SSSR count). The summed E-state index contributed by atoms with van der Waals surface area (Å²) in [6.45, 7) is 4.64. The second kappa shape index (κ2) is 6.12. The van der Waals surface area contributed by atoms with Gasteiger partial charge in [0.25, 0.3) is 0 Å². The zero-order valence-electron chi connectivity index (χ0n) is 12.0.